The maximum Gasteiger partial charge on any atom is 0.0979 e. The first-order valence-electron chi connectivity index (χ1n) is 8.12. The Morgan fingerprint density at radius 3 is 2.86 bits per heavy atom. The molecule has 22 heavy (non-hydrogen) atoms. The Morgan fingerprint density at radius 2 is 2.18 bits per heavy atom. The van der Waals surface area contributed by atoms with Gasteiger partial charge in [-0.05, 0) is 50.6 Å². The zero-order chi connectivity index (χ0) is 15.7. The van der Waals surface area contributed by atoms with Crippen LogP contribution in [0.2, 0.25) is 0 Å². The topological polar surface area (TPSA) is 28.5 Å². The van der Waals surface area contributed by atoms with Gasteiger partial charge in [0.25, 0.3) is 0 Å². The zero-order valence-corrected chi connectivity index (χ0v) is 14.8. The number of hydrogen-bond donors (Lipinski definition) is 0. The molecular formula is C18H25N3S. The Balaban J connectivity index is 1.87. The van der Waals surface area contributed by atoms with Crippen molar-refractivity contribution in [1.82, 2.24) is 9.88 Å². The van der Waals surface area contributed by atoms with E-state index >= 15 is 0 Å². The fourth-order valence-corrected chi connectivity index (χ4v) is 4.01. The molecule has 2 atom stereocenters. The molecule has 1 aliphatic rings. The summed E-state index contributed by atoms with van der Waals surface area (Å²) in [4.78, 5) is 11.8. The number of rotatable bonds is 4. The van der Waals surface area contributed by atoms with E-state index in [1.54, 1.807) is 0 Å². The van der Waals surface area contributed by atoms with E-state index < -0.39 is 0 Å². The predicted molar refractivity (Wildman–Crippen MR) is 96.4 cm³/mol. The van der Waals surface area contributed by atoms with E-state index in [9.17, 15) is 0 Å². The highest BCUT2D eigenvalue weighted by Gasteiger charge is 2.16. The largest absolute Gasteiger partial charge is 0.309 e. The van der Waals surface area contributed by atoms with Crippen molar-refractivity contribution in [2.24, 2.45) is 10.9 Å². The van der Waals surface area contributed by atoms with E-state index in [0.717, 1.165) is 30.9 Å². The molecule has 2 aromatic rings. The molecule has 2 heterocycles. The number of benzene rings is 1. The first-order valence-corrected chi connectivity index (χ1v) is 8.93. The molecule has 0 spiro atoms. The van der Waals surface area contributed by atoms with Gasteiger partial charge in [-0.15, -0.1) is 11.3 Å². The molecule has 0 saturated heterocycles. The summed E-state index contributed by atoms with van der Waals surface area (Å²) in [5.41, 5.74) is 3.65. The monoisotopic (exact) mass is 315 g/mol. The van der Waals surface area contributed by atoms with Gasteiger partial charge >= 0.3 is 0 Å². The molecule has 1 aromatic heterocycles. The average Bonchev–Trinajstić information content (AvgIpc) is 2.90. The molecule has 0 radical (unpaired) electrons. The summed E-state index contributed by atoms with van der Waals surface area (Å²) in [7, 11) is 4.23. The molecule has 1 unspecified atom stereocenters. The lowest BCUT2D eigenvalue weighted by Gasteiger charge is -2.17. The van der Waals surface area contributed by atoms with E-state index in [0.29, 0.717) is 5.92 Å². The predicted octanol–water partition coefficient (Wildman–Crippen LogP) is 4.18. The van der Waals surface area contributed by atoms with Crippen molar-refractivity contribution in [2.45, 2.75) is 32.6 Å². The van der Waals surface area contributed by atoms with Crippen LogP contribution in [0.15, 0.2) is 23.2 Å². The van der Waals surface area contributed by atoms with Crippen LogP contribution in [0.3, 0.4) is 0 Å². The molecule has 3 nitrogen and oxygen atoms in total. The van der Waals surface area contributed by atoms with E-state index in [-0.39, 0.29) is 0 Å². The lowest BCUT2D eigenvalue weighted by molar-refractivity contribution is 0.383. The number of hydrogen-bond acceptors (Lipinski definition) is 4. The minimum absolute atomic E-state index is 0.476. The first kappa shape index (κ1) is 15.6. The van der Waals surface area contributed by atoms with Crippen LogP contribution in [0.1, 0.15) is 43.2 Å². The molecule has 118 valence electrons. The Hall–Kier alpha value is -1.26. The van der Waals surface area contributed by atoms with Crippen LogP contribution >= 0.6 is 11.3 Å². The Bertz CT molecular complexity index is 687. The molecule has 0 amide bonds. The van der Waals surface area contributed by atoms with Crippen LogP contribution in [-0.4, -0.2) is 42.8 Å². The maximum absolute atomic E-state index is 4.87. The van der Waals surface area contributed by atoms with Crippen LogP contribution in [0.5, 0.6) is 0 Å². The molecule has 1 aromatic carbocycles. The van der Waals surface area contributed by atoms with Gasteiger partial charge in [0.05, 0.1) is 15.2 Å². The van der Waals surface area contributed by atoms with Crippen molar-refractivity contribution < 1.29 is 0 Å². The van der Waals surface area contributed by atoms with Crippen molar-refractivity contribution in [3.05, 3.63) is 28.8 Å². The fraction of sp³-hybridized carbons (Fsp3) is 0.556. The summed E-state index contributed by atoms with van der Waals surface area (Å²) >= 11 is 1.83. The molecule has 0 N–H and O–H groups in total. The van der Waals surface area contributed by atoms with Crippen molar-refractivity contribution in [2.75, 3.05) is 27.2 Å². The molecule has 0 saturated carbocycles. The number of aromatic nitrogens is 1. The molecule has 0 bridgehead atoms. The summed E-state index contributed by atoms with van der Waals surface area (Å²) in [6, 6.07) is 6.66. The van der Waals surface area contributed by atoms with Crippen molar-refractivity contribution in [3.63, 3.8) is 0 Å². The van der Waals surface area contributed by atoms with E-state index in [1.165, 1.54) is 27.4 Å². The van der Waals surface area contributed by atoms with E-state index in [1.807, 2.05) is 11.3 Å². The lowest BCUT2D eigenvalue weighted by Crippen LogP contribution is -2.18. The molecular weight excluding hydrogens is 290 g/mol. The molecule has 0 fully saturated rings. The normalized spacial score (nSPS) is 20.4. The van der Waals surface area contributed by atoms with Crippen LogP contribution in [0.25, 0.3) is 10.2 Å². The van der Waals surface area contributed by atoms with Crippen LogP contribution < -0.4 is 0 Å². The van der Waals surface area contributed by atoms with E-state index in [4.69, 9.17) is 9.98 Å². The van der Waals surface area contributed by atoms with Gasteiger partial charge in [-0.25, -0.2) is 4.98 Å². The Morgan fingerprint density at radius 1 is 1.36 bits per heavy atom. The van der Waals surface area contributed by atoms with Gasteiger partial charge in [-0.1, -0.05) is 19.9 Å². The number of fused-ring (bicyclic) bond motifs is 1. The summed E-state index contributed by atoms with van der Waals surface area (Å²) in [5, 5.41) is 1.24. The number of nitrogens with zero attached hydrogens (tertiary/aromatic N) is 3. The molecule has 0 aliphatic carbocycles. The summed E-state index contributed by atoms with van der Waals surface area (Å²) in [5.74, 6) is 1.20. The fourth-order valence-electron chi connectivity index (χ4n) is 3.02. The van der Waals surface area contributed by atoms with Gasteiger partial charge in [0.2, 0.25) is 0 Å². The van der Waals surface area contributed by atoms with Gasteiger partial charge in [-0.2, -0.15) is 0 Å². The van der Waals surface area contributed by atoms with Crippen molar-refractivity contribution in [1.29, 1.82) is 0 Å². The Labute approximate surface area is 137 Å². The highest BCUT2D eigenvalue weighted by Crippen LogP contribution is 2.29. The van der Waals surface area contributed by atoms with Crippen LogP contribution in [-0.2, 0) is 0 Å². The first-order chi connectivity index (χ1) is 10.5. The van der Waals surface area contributed by atoms with Crippen LogP contribution in [0.4, 0.5) is 0 Å². The summed E-state index contributed by atoms with van der Waals surface area (Å²) in [6.07, 6.45) is 2.35. The lowest BCUT2D eigenvalue weighted by atomic mass is 9.96. The SMILES string of the molecule is CC(CN(C)C)c1nc2cc(C3=NC[C@@H](C)CC3)ccc2s1. The van der Waals surface area contributed by atoms with Crippen molar-refractivity contribution >= 4 is 27.3 Å². The third kappa shape index (κ3) is 3.39. The van der Waals surface area contributed by atoms with Gasteiger partial charge in [0.1, 0.15) is 0 Å². The molecule has 1 aliphatic heterocycles. The second-order valence-corrected chi connectivity index (χ2v) is 7.89. The van der Waals surface area contributed by atoms with Gasteiger partial charge in [0.15, 0.2) is 0 Å². The third-order valence-corrected chi connectivity index (χ3v) is 5.53. The highest BCUT2D eigenvalue weighted by molar-refractivity contribution is 7.18. The quantitative estimate of drug-likeness (QED) is 0.847. The van der Waals surface area contributed by atoms with Crippen molar-refractivity contribution in [3.8, 4) is 0 Å². The van der Waals surface area contributed by atoms with Gasteiger partial charge in [-0.3, -0.25) is 4.99 Å². The summed E-state index contributed by atoms with van der Waals surface area (Å²) in [6.45, 7) is 6.54. The number of thiazole rings is 1. The minimum atomic E-state index is 0.476. The van der Waals surface area contributed by atoms with Gasteiger partial charge in [0, 0.05) is 24.7 Å². The third-order valence-electron chi connectivity index (χ3n) is 4.27. The van der Waals surface area contributed by atoms with E-state index in [2.05, 4.69) is 51.0 Å². The maximum atomic E-state index is 4.87. The smallest absolute Gasteiger partial charge is 0.0979 e. The number of likely N-dealkylation sites (N-methyl/N-ethyl adjacent to an activating group) is 1. The average molecular weight is 315 g/mol. The van der Waals surface area contributed by atoms with Gasteiger partial charge < -0.3 is 4.90 Å². The highest BCUT2D eigenvalue weighted by atomic mass is 32.1. The number of aliphatic imine (C=N–C) groups is 1. The van der Waals surface area contributed by atoms with Crippen LogP contribution in [0, 0.1) is 5.92 Å². The zero-order valence-electron chi connectivity index (χ0n) is 14.0. The Kier molecular flexibility index (Phi) is 4.59. The molecule has 3 rings (SSSR count). The standard InChI is InChI=1S/C18H25N3S/c1-12-5-7-15(19-10-12)14-6-8-17-16(9-14)20-18(22-17)13(2)11-21(3)4/h6,8-9,12-13H,5,7,10-11H2,1-4H3/t12-,13?/m0/s1. The summed E-state index contributed by atoms with van der Waals surface area (Å²) < 4.78 is 1.29. The molecule has 4 heteroatoms. The second kappa shape index (κ2) is 6.47. The second-order valence-electron chi connectivity index (χ2n) is 6.83. The minimum Gasteiger partial charge on any atom is -0.309 e.